The van der Waals surface area contributed by atoms with E-state index in [1.54, 1.807) is 0 Å². The summed E-state index contributed by atoms with van der Waals surface area (Å²) in [5.74, 6) is 0. The molecule has 9 aromatic carbocycles. The second kappa shape index (κ2) is 13.2. The molecule has 0 amide bonds. The van der Waals surface area contributed by atoms with Gasteiger partial charge < -0.3 is 9.13 Å². The molecule has 56 heavy (non-hydrogen) atoms. The fraction of sp³-hybridized carbons (Fsp3) is 0. The molecule has 262 valence electrons. The molecule has 0 saturated carbocycles. The lowest BCUT2D eigenvalue weighted by Gasteiger charge is -2.13. The molecular formula is C54H36N2. The van der Waals surface area contributed by atoms with E-state index in [9.17, 15) is 0 Å². The maximum absolute atomic E-state index is 2.43. The maximum atomic E-state index is 2.43. The fourth-order valence-electron chi connectivity index (χ4n) is 8.72. The summed E-state index contributed by atoms with van der Waals surface area (Å²) in [5, 5.41) is 5.02. The van der Waals surface area contributed by atoms with Gasteiger partial charge in [0.25, 0.3) is 0 Å². The molecule has 2 heterocycles. The molecule has 0 atom stereocenters. The van der Waals surface area contributed by atoms with Crippen LogP contribution < -0.4 is 0 Å². The second-order valence-electron chi connectivity index (χ2n) is 14.6. The fourth-order valence-corrected chi connectivity index (χ4v) is 8.72. The largest absolute Gasteiger partial charge is 0.309 e. The van der Waals surface area contributed by atoms with Gasteiger partial charge in [-0.15, -0.1) is 0 Å². The van der Waals surface area contributed by atoms with Crippen molar-refractivity contribution in [2.24, 2.45) is 0 Å². The summed E-state index contributed by atoms with van der Waals surface area (Å²) in [4.78, 5) is 0. The SMILES string of the molecule is c1ccc(-c2cc(-c3ccccc3)cc(-c3ccc(-n4c5ccccc5c5ccc(-c6cccc7c6c6ccccc6n7-c6ccccc6)cc54)cc3)c2)cc1. The Balaban J connectivity index is 1.07. The molecule has 2 aromatic heterocycles. The topological polar surface area (TPSA) is 9.86 Å². The highest BCUT2D eigenvalue weighted by molar-refractivity contribution is 6.17. The number of hydrogen-bond acceptors (Lipinski definition) is 0. The van der Waals surface area contributed by atoms with Crippen molar-refractivity contribution in [2.75, 3.05) is 0 Å². The minimum absolute atomic E-state index is 1.14. The van der Waals surface area contributed by atoms with Crippen LogP contribution in [0.1, 0.15) is 0 Å². The van der Waals surface area contributed by atoms with Gasteiger partial charge in [-0.25, -0.2) is 0 Å². The summed E-state index contributed by atoms with van der Waals surface area (Å²) in [6.45, 7) is 0. The molecular weight excluding hydrogens is 677 g/mol. The molecule has 0 spiro atoms. The van der Waals surface area contributed by atoms with Gasteiger partial charge >= 0.3 is 0 Å². The third-order valence-electron chi connectivity index (χ3n) is 11.3. The van der Waals surface area contributed by atoms with Crippen molar-refractivity contribution in [1.82, 2.24) is 9.13 Å². The van der Waals surface area contributed by atoms with Crippen LogP contribution in [-0.4, -0.2) is 9.13 Å². The van der Waals surface area contributed by atoms with Crippen LogP contribution >= 0.6 is 0 Å². The van der Waals surface area contributed by atoms with Gasteiger partial charge in [0.2, 0.25) is 0 Å². The summed E-state index contributed by atoms with van der Waals surface area (Å²) in [7, 11) is 0. The molecule has 0 fully saturated rings. The van der Waals surface area contributed by atoms with E-state index in [2.05, 4.69) is 228 Å². The molecule has 11 aromatic rings. The van der Waals surface area contributed by atoms with E-state index in [1.807, 2.05) is 0 Å². The Hall–Kier alpha value is -7.42. The zero-order valence-corrected chi connectivity index (χ0v) is 30.7. The zero-order valence-electron chi connectivity index (χ0n) is 30.7. The Bertz CT molecular complexity index is 3150. The van der Waals surface area contributed by atoms with Crippen LogP contribution in [0.2, 0.25) is 0 Å². The Kier molecular flexibility index (Phi) is 7.53. The first-order valence-corrected chi connectivity index (χ1v) is 19.3. The van der Waals surface area contributed by atoms with Gasteiger partial charge in [-0.2, -0.15) is 0 Å². The Morgan fingerprint density at radius 2 is 0.679 bits per heavy atom. The molecule has 2 heteroatoms. The van der Waals surface area contributed by atoms with Crippen LogP contribution in [0.5, 0.6) is 0 Å². The predicted molar refractivity (Wildman–Crippen MR) is 237 cm³/mol. The number of rotatable bonds is 6. The highest BCUT2D eigenvalue weighted by Gasteiger charge is 2.18. The second-order valence-corrected chi connectivity index (χ2v) is 14.6. The quantitative estimate of drug-likeness (QED) is 0.162. The standard InChI is InChI=1S/C54H36N2/c1-4-15-37(16-5-1)41-33-42(38-17-6-2-7-18-38)35-43(34-41)39-27-30-45(31-28-39)56-50-24-12-10-21-47(50)48-32-29-40(36-53(48)56)46-23-14-26-52-54(46)49-22-11-13-25-51(49)55(52)44-19-8-3-9-20-44/h1-36H. The lowest BCUT2D eigenvalue weighted by Crippen LogP contribution is -1.94. The molecule has 0 aliphatic heterocycles. The molecule has 0 radical (unpaired) electrons. The van der Waals surface area contributed by atoms with E-state index in [-0.39, 0.29) is 0 Å². The zero-order chi connectivity index (χ0) is 37.0. The van der Waals surface area contributed by atoms with Crippen molar-refractivity contribution >= 4 is 43.6 Å². The Morgan fingerprint density at radius 3 is 1.32 bits per heavy atom. The van der Waals surface area contributed by atoms with E-state index in [1.165, 1.54) is 88.1 Å². The van der Waals surface area contributed by atoms with Crippen molar-refractivity contribution in [1.29, 1.82) is 0 Å². The van der Waals surface area contributed by atoms with Crippen LogP contribution in [0.25, 0.3) is 99.5 Å². The van der Waals surface area contributed by atoms with Crippen molar-refractivity contribution in [3.63, 3.8) is 0 Å². The molecule has 0 bridgehead atoms. The number of aromatic nitrogens is 2. The first kappa shape index (κ1) is 32.0. The summed E-state index contributed by atoms with van der Waals surface area (Å²) < 4.78 is 4.82. The average Bonchev–Trinajstić information content (AvgIpc) is 3.80. The highest BCUT2D eigenvalue weighted by Crippen LogP contribution is 2.41. The number of fused-ring (bicyclic) bond motifs is 6. The van der Waals surface area contributed by atoms with Crippen molar-refractivity contribution in [3.8, 4) is 55.9 Å². The van der Waals surface area contributed by atoms with Gasteiger partial charge in [0.15, 0.2) is 0 Å². The lowest BCUT2D eigenvalue weighted by atomic mass is 9.93. The van der Waals surface area contributed by atoms with Crippen LogP contribution in [0.3, 0.4) is 0 Å². The normalized spacial score (nSPS) is 11.6. The van der Waals surface area contributed by atoms with E-state index in [0.717, 1.165) is 11.4 Å². The Labute approximate surface area is 325 Å². The molecule has 0 aliphatic rings. The van der Waals surface area contributed by atoms with Crippen LogP contribution in [-0.2, 0) is 0 Å². The van der Waals surface area contributed by atoms with Crippen LogP contribution in [0.4, 0.5) is 0 Å². The van der Waals surface area contributed by atoms with Gasteiger partial charge in [0, 0.05) is 32.9 Å². The third kappa shape index (κ3) is 5.26. The molecule has 11 rings (SSSR count). The molecule has 0 aliphatic carbocycles. The number of nitrogens with zero attached hydrogens (tertiary/aromatic N) is 2. The van der Waals surface area contributed by atoms with Gasteiger partial charge in [-0.3, -0.25) is 0 Å². The maximum Gasteiger partial charge on any atom is 0.0547 e. The molecule has 0 saturated heterocycles. The Morgan fingerprint density at radius 1 is 0.232 bits per heavy atom. The smallest absolute Gasteiger partial charge is 0.0547 e. The minimum Gasteiger partial charge on any atom is -0.309 e. The number of para-hydroxylation sites is 3. The lowest BCUT2D eigenvalue weighted by molar-refractivity contribution is 1.18. The van der Waals surface area contributed by atoms with E-state index < -0.39 is 0 Å². The first-order chi connectivity index (χ1) is 27.8. The summed E-state index contributed by atoms with van der Waals surface area (Å²) in [5.41, 5.74) is 16.8. The molecule has 0 unspecified atom stereocenters. The van der Waals surface area contributed by atoms with Crippen molar-refractivity contribution < 1.29 is 0 Å². The average molecular weight is 713 g/mol. The predicted octanol–water partition coefficient (Wildman–Crippen LogP) is 14.5. The number of benzene rings is 9. The van der Waals surface area contributed by atoms with Gasteiger partial charge in [-0.05, 0) is 111 Å². The summed E-state index contributed by atoms with van der Waals surface area (Å²) >= 11 is 0. The van der Waals surface area contributed by atoms with E-state index in [4.69, 9.17) is 0 Å². The number of hydrogen-bond donors (Lipinski definition) is 0. The first-order valence-electron chi connectivity index (χ1n) is 19.3. The summed E-state index contributed by atoms with van der Waals surface area (Å²) in [6.07, 6.45) is 0. The van der Waals surface area contributed by atoms with Crippen molar-refractivity contribution in [2.45, 2.75) is 0 Å². The third-order valence-corrected chi connectivity index (χ3v) is 11.3. The van der Waals surface area contributed by atoms with Gasteiger partial charge in [0.1, 0.15) is 0 Å². The van der Waals surface area contributed by atoms with Gasteiger partial charge in [-0.1, -0.05) is 152 Å². The van der Waals surface area contributed by atoms with E-state index in [0.29, 0.717) is 0 Å². The van der Waals surface area contributed by atoms with Crippen molar-refractivity contribution in [3.05, 3.63) is 218 Å². The van der Waals surface area contributed by atoms with Crippen LogP contribution in [0.15, 0.2) is 218 Å². The monoisotopic (exact) mass is 712 g/mol. The van der Waals surface area contributed by atoms with Gasteiger partial charge in [0.05, 0.1) is 22.1 Å². The highest BCUT2D eigenvalue weighted by atomic mass is 15.0. The molecule has 2 nitrogen and oxygen atoms in total. The van der Waals surface area contributed by atoms with E-state index >= 15 is 0 Å². The molecule has 0 N–H and O–H groups in total. The minimum atomic E-state index is 1.14. The summed E-state index contributed by atoms with van der Waals surface area (Å²) in [6, 6.07) is 79.4. The van der Waals surface area contributed by atoms with Crippen LogP contribution in [0, 0.1) is 0 Å².